The van der Waals surface area contributed by atoms with E-state index in [9.17, 15) is 18.0 Å². The first-order valence-electron chi connectivity index (χ1n) is 5.29. The highest BCUT2D eigenvalue weighted by Crippen LogP contribution is 2.32. The van der Waals surface area contributed by atoms with Crippen molar-refractivity contribution in [1.82, 2.24) is 0 Å². The molecule has 0 saturated carbocycles. The summed E-state index contributed by atoms with van der Waals surface area (Å²) in [5.74, 6) is -1.32. The predicted molar refractivity (Wildman–Crippen MR) is 66.2 cm³/mol. The molecule has 0 spiro atoms. The van der Waals surface area contributed by atoms with E-state index in [1.807, 2.05) is 0 Å². The fraction of sp³-hybridized carbons (Fsp3) is 0.364. The molecule has 0 aliphatic rings. The SMILES string of the molecule is O=C(O)CCCNc1ccc(Br)cc1OC(F)(F)F. The monoisotopic (exact) mass is 341 g/mol. The van der Waals surface area contributed by atoms with Crippen LogP contribution in [0.25, 0.3) is 0 Å². The third kappa shape index (κ3) is 6.32. The summed E-state index contributed by atoms with van der Waals surface area (Å²) in [5, 5.41) is 11.2. The van der Waals surface area contributed by atoms with Crippen LogP contribution >= 0.6 is 15.9 Å². The van der Waals surface area contributed by atoms with Gasteiger partial charge < -0.3 is 15.2 Å². The van der Waals surface area contributed by atoms with E-state index in [-0.39, 0.29) is 24.4 Å². The van der Waals surface area contributed by atoms with Gasteiger partial charge in [-0.25, -0.2) is 0 Å². The van der Waals surface area contributed by atoms with Crippen molar-refractivity contribution in [2.75, 3.05) is 11.9 Å². The van der Waals surface area contributed by atoms with Gasteiger partial charge in [-0.3, -0.25) is 4.79 Å². The van der Waals surface area contributed by atoms with Crippen molar-refractivity contribution in [3.8, 4) is 5.75 Å². The molecule has 8 heteroatoms. The number of ether oxygens (including phenoxy) is 1. The van der Waals surface area contributed by atoms with Crippen LogP contribution in [0.3, 0.4) is 0 Å². The molecule has 0 heterocycles. The smallest absolute Gasteiger partial charge is 0.481 e. The molecule has 0 aliphatic heterocycles. The minimum atomic E-state index is -4.78. The van der Waals surface area contributed by atoms with Crippen molar-refractivity contribution in [2.24, 2.45) is 0 Å². The van der Waals surface area contributed by atoms with Gasteiger partial charge in [-0.1, -0.05) is 15.9 Å². The number of carbonyl (C=O) groups is 1. The van der Waals surface area contributed by atoms with Crippen LogP contribution in [0.15, 0.2) is 22.7 Å². The third-order valence-corrected chi connectivity index (χ3v) is 2.55. The summed E-state index contributed by atoms with van der Waals surface area (Å²) in [6, 6.07) is 4.17. The lowest BCUT2D eigenvalue weighted by atomic mass is 10.2. The van der Waals surface area contributed by atoms with Gasteiger partial charge in [0.05, 0.1) is 5.69 Å². The summed E-state index contributed by atoms with van der Waals surface area (Å²) in [4.78, 5) is 10.3. The second kappa shape index (κ2) is 6.65. The van der Waals surface area contributed by atoms with Crippen LogP contribution in [0, 0.1) is 0 Å². The number of aliphatic carboxylic acids is 1. The van der Waals surface area contributed by atoms with Crippen molar-refractivity contribution < 1.29 is 27.8 Å². The van der Waals surface area contributed by atoms with E-state index >= 15 is 0 Å². The maximum Gasteiger partial charge on any atom is 0.573 e. The summed E-state index contributed by atoms with van der Waals surface area (Å²) in [6.45, 7) is 0.238. The highest BCUT2D eigenvalue weighted by atomic mass is 79.9. The van der Waals surface area contributed by atoms with Gasteiger partial charge in [0, 0.05) is 17.4 Å². The van der Waals surface area contributed by atoms with Gasteiger partial charge in [-0.15, -0.1) is 13.2 Å². The van der Waals surface area contributed by atoms with Crippen LogP contribution in [0.2, 0.25) is 0 Å². The predicted octanol–water partition coefficient (Wildman–Crippen LogP) is 3.62. The van der Waals surface area contributed by atoms with E-state index in [0.717, 1.165) is 0 Å². The Morgan fingerprint density at radius 3 is 2.68 bits per heavy atom. The third-order valence-electron chi connectivity index (χ3n) is 2.05. The summed E-state index contributed by atoms with van der Waals surface area (Å²) >= 11 is 3.05. The van der Waals surface area contributed by atoms with Gasteiger partial charge in [-0.2, -0.15) is 0 Å². The molecule has 0 aliphatic carbocycles. The van der Waals surface area contributed by atoms with E-state index in [1.165, 1.54) is 12.1 Å². The number of carboxylic acid groups (broad SMARTS) is 1. The number of hydrogen-bond acceptors (Lipinski definition) is 3. The maximum atomic E-state index is 12.2. The molecule has 4 nitrogen and oxygen atoms in total. The molecule has 0 aromatic heterocycles. The van der Waals surface area contributed by atoms with Crippen LogP contribution in [-0.4, -0.2) is 24.0 Å². The second-order valence-electron chi connectivity index (χ2n) is 3.61. The fourth-order valence-electron chi connectivity index (χ4n) is 1.31. The Morgan fingerprint density at radius 1 is 1.42 bits per heavy atom. The molecule has 0 saturated heterocycles. The molecule has 106 valence electrons. The van der Waals surface area contributed by atoms with E-state index in [4.69, 9.17) is 5.11 Å². The Kier molecular flexibility index (Phi) is 5.46. The number of anilines is 1. The van der Waals surface area contributed by atoms with Crippen LogP contribution in [0.5, 0.6) is 5.75 Å². The molecule has 0 radical (unpaired) electrons. The summed E-state index contributed by atoms with van der Waals surface area (Å²) in [6.07, 6.45) is -4.53. The standard InChI is InChI=1S/C11H11BrF3NO3/c12-7-3-4-8(16-5-1-2-10(17)18)9(6-7)19-11(13,14)15/h3-4,6,16H,1-2,5H2,(H,17,18). The lowest BCUT2D eigenvalue weighted by molar-refractivity contribution is -0.274. The summed E-state index contributed by atoms with van der Waals surface area (Å²) in [5.41, 5.74) is 0.158. The molecule has 0 bridgehead atoms. The lowest BCUT2D eigenvalue weighted by Crippen LogP contribution is -2.18. The first-order valence-corrected chi connectivity index (χ1v) is 6.08. The highest BCUT2D eigenvalue weighted by molar-refractivity contribution is 9.10. The number of halogens is 4. The van der Waals surface area contributed by atoms with Gasteiger partial charge in [0.15, 0.2) is 5.75 Å². The molecule has 1 rings (SSSR count). The molecule has 0 atom stereocenters. The quantitative estimate of drug-likeness (QED) is 0.776. The van der Waals surface area contributed by atoms with Crippen LogP contribution < -0.4 is 10.1 Å². The Labute approximate surface area is 115 Å². The average Bonchev–Trinajstić information content (AvgIpc) is 2.24. The van der Waals surface area contributed by atoms with Gasteiger partial charge in [-0.05, 0) is 24.6 Å². The summed E-state index contributed by atoms with van der Waals surface area (Å²) in [7, 11) is 0. The van der Waals surface area contributed by atoms with Crippen molar-refractivity contribution >= 4 is 27.6 Å². The zero-order valence-electron chi connectivity index (χ0n) is 9.63. The van der Waals surface area contributed by atoms with Gasteiger partial charge in [0.1, 0.15) is 0 Å². The Hall–Kier alpha value is -1.44. The zero-order chi connectivity index (χ0) is 14.5. The van der Waals surface area contributed by atoms with Crippen molar-refractivity contribution in [3.05, 3.63) is 22.7 Å². The van der Waals surface area contributed by atoms with E-state index in [2.05, 4.69) is 26.0 Å². The first kappa shape index (κ1) is 15.6. The summed E-state index contributed by atoms with van der Waals surface area (Å²) < 4.78 is 40.9. The molecule has 0 fully saturated rings. The van der Waals surface area contributed by atoms with Crippen LogP contribution in [0.4, 0.5) is 18.9 Å². The Balaban J connectivity index is 2.68. The number of benzene rings is 1. The van der Waals surface area contributed by atoms with E-state index in [0.29, 0.717) is 10.9 Å². The van der Waals surface area contributed by atoms with E-state index < -0.39 is 12.3 Å². The minimum Gasteiger partial charge on any atom is -0.481 e. The fourth-order valence-corrected chi connectivity index (χ4v) is 1.65. The normalized spacial score (nSPS) is 11.2. The maximum absolute atomic E-state index is 12.2. The molecule has 0 amide bonds. The lowest BCUT2D eigenvalue weighted by Gasteiger charge is -2.14. The Bertz CT molecular complexity index is 451. The van der Waals surface area contributed by atoms with Crippen molar-refractivity contribution in [3.63, 3.8) is 0 Å². The molecule has 1 aromatic rings. The van der Waals surface area contributed by atoms with Gasteiger partial charge in [0.2, 0.25) is 0 Å². The number of alkyl halides is 3. The molecular weight excluding hydrogens is 331 g/mol. The largest absolute Gasteiger partial charge is 0.573 e. The van der Waals surface area contributed by atoms with E-state index in [1.54, 1.807) is 6.07 Å². The molecule has 0 unspecified atom stereocenters. The van der Waals surface area contributed by atoms with Gasteiger partial charge >= 0.3 is 12.3 Å². The second-order valence-corrected chi connectivity index (χ2v) is 4.53. The van der Waals surface area contributed by atoms with Crippen LogP contribution in [0.1, 0.15) is 12.8 Å². The minimum absolute atomic E-state index is 0.0566. The highest BCUT2D eigenvalue weighted by Gasteiger charge is 2.32. The number of rotatable bonds is 6. The van der Waals surface area contributed by atoms with Crippen LogP contribution in [-0.2, 0) is 4.79 Å². The molecular formula is C11H11BrF3NO3. The number of carboxylic acids is 1. The number of hydrogen-bond donors (Lipinski definition) is 2. The van der Waals surface area contributed by atoms with Crippen molar-refractivity contribution in [1.29, 1.82) is 0 Å². The van der Waals surface area contributed by atoms with Gasteiger partial charge in [0.25, 0.3) is 0 Å². The average molecular weight is 342 g/mol. The van der Waals surface area contributed by atoms with Crippen molar-refractivity contribution in [2.45, 2.75) is 19.2 Å². The zero-order valence-corrected chi connectivity index (χ0v) is 11.2. The first-order chi connectivity index (χ1) is 8.78. The topological polar surface area (TPSA) is 58.6 Å². The molecule has 1 aromatic carbocycles. The Morgan fingerprint density at radius 2 is 2.11 bits per heavy atom. The molecule has 2 N–H and O–H groups in total. The molecule has 19 heavy (non-hydrogen) atoms. The number of nitrogens with one attached hydrogen (secondary N) is 1.